The van der Waals surface area contributed by atoms with Crippen LogP contribution in [0.4, 0.5) is 0 Å². The minimum Gasteiger partial charge on any atom is -0.353 e. The first kappa shape index (κ1) is 15.0. The molecule has 1 fully saturated rings. The summed E-state index contributed by atoms with van der Waals surface area (Å²) >= 11 is 0. The molecule has 0 radical (unpaired) electrons. The normalized spacial score (nSPS) is 17.3. The van der Waals surface area contributed by atoms with Crippen molar-refractivity contribution in [3.63, 3.8) is 0 Å². The summed E-state index contributed by atoms with van der Waals surface area (Å²) in [6.45, 7) is 6.53. The second-order valence-corrected chi connectivity index (χ2v) is 5.36. The predicted octanol–water partition coefficient (Wildman–Crippen LogP) is 1.92. The summed E-state index contributed by atoms with van der Waals surface area (Å²) in [5.41, 5.74) is -0.849. The molecule has 1 aliphatic rings. The average molecular weight is 251 g/mol. The summed E-state index contributed by atoms with van der Waals surface area (Å²) in [6.07, 6.45) is 3.67. The number of rotatable bonds is 7. The summed E-state index contributed by atoms with van der Waals surface area (Å²) in [5.74, 6) is -0.119. The summed E-state index contributed by atoms with van der Waals surface area (Å²) in [6, 6.07) is 3.19. The van der Waals surface area contributed by atoms with Gasteiger partial charge >= 0.3 is 0 Å². The van der Waals surface area contributed by atoms with Crippen molar-refractivity contribution in [3.8, 4) is 6.07 Å². The third-order valence-corrected chi connectivity index (χ3v) is 4.23. The van der Waals surface area contributed by atoms with Crippen LogP contribution in [0.3, 0.4) is 0 Å². The number of carbonyl (C=O) groups is 1. The van der Waals surface area contributed by atoms with Gasteiger partial charge in [-0.3, -0.25) is 9.69 Å². The van der Waals surface area contributed by atoms with Gasteiger partial charge in [0.15, 0.2) is 0 Å². The lowest BCUT2D eigenvalue weighted by atomic mass is 9.83. The van der Waals surface area contributed by atoms with E-state index in [2.05, 4.69) is 30.3 Å². The number of nitriles is 1. The maximum Gasteiger partial charge on any atom is 0.240 e. The first-order valence-electron chi connectivity index (χ1n) is 6.92. The zero-order valence-electron chi connectivity index (χ0n) is 12.0. The zero-order valence-corrected chi connectivity index (χ0v) is 12.0. The van der Waals surface area contributed by atoms with Crippen LogP contribution in [-0.4, -0.2) is 36.5 Å². The third-order valence-electron chi connectivity index (χ3n) is 4.23. The predicted molar refractivity (Wildman–Crippen MR) is 71.9 cm³/mol. The smallest absolute Gasteiger partial charge is 0.240 e. The highest BCUT2D eigenvalue weighted by Crippen LogP contribution is 2.27. The highest BCUT2D eigenvalue weighted by Gasteiger charge is 2.35. The molecule has 102 valence electrons. The topological polar surface area (TPSA) is 56.1 Å². The molecule has 0 heterocycles. The fraction of sp³-hybridized carbons (Fsp3) is 0.857. The van der Waals surface area contributed by atoms with E-state index < -0.39 is 5.41 Å². The molecule has 0 bridgehead atoms. The maximum atomic E-state index is 12.1. The van der Waals surface area contributed by atoms with Gasteiger partial charge < -0.3 is 5.32 Å². The SMILES string of the molecule is CCC(C#N)(CC)C(=O)NCC(C)N(C)C1CC1. The van der Waals surface area contributed by atoms with E-state index in [1.165, 1.54) is 12.8 Å². The Morgan fingerprint density at radius 3 is 2.44 bits per heavy atom. The standard InChI is InChI=1S/C14H25N3O/c1-5-14(6-2,10-15)13(18)16-9-11(3)17(4)12-7-8-12/h11-12H,5-9H2,1-4H3,(H,16,18). The van der Waals surface area contributed by atoms with Crippen molar-refractivity contribution in [3.05, 3.63) is 0 Å². The number of likely N-dealkylation sites (N-methyl/N-ethyl adjacent to an activating group) is 1. The van der Waals surface area contributed by atoms with Gasteiger partial charge in [0, 0.05) is 18.6 Å². The number of nitrogens with zero attached hydrogens (tertiary/aromatic N) is 2. The maximum absolute atomic E-state index is 12.1. The van der Waals surface area contributed by atoms with Crippen molar-refractivity contribution in [2.75, 3.05) is 13.6 Å². The monoisotopic (exact) mass is 251 g/mol. The van der Waals surface area contributed by atoms with E-state index in [9.17, 15) is 10.1 Å². The fourth-order valence-corrected chi connectivity index (χ4v) is 2.18. The third kappa shape index (κ3) is 3.23. The Balaban J connectivity index is 2.46. The molecule has 1 unspecified atom stereocenters. The van der Waals surface area contributed by atoms with Crippen LogP contribution in [0.25, 0.3) is 0 Å². The van der Waals surface area contributed by atoms with Gasteiger partial charge in [-0.15, -0.1) is 0 Å². The molecular weight excluding hydrogens is 226 g/mol. The van der Waals surface area contributed by atoms with Crippen LogP contribution in [0.2, 0.25) is 0 Å². The van der Waals surface area contributed by atoms with E-state index in [1.54, 1.807) is 0 Å². The molecule has 4 heteroatoms. The molecule has 1 amide bonds. The molecule has 1 N–H and O–H groups in total. The Morgan fingerprint density at radius 1 is 1.50 bits per heavy atom. The highest BCUT2D eigenvalue weighted by atomic mass is 16.2. The molecular formula is C14H25N3O. The van der Waals surface area contributed by atoms with Gasteiger partial charge in [0.25, 0.3) is 0 Å². The van der Waals surface area contributed by atoms with Crippen molar-refractivity contribution in [1.29, 1.82) is 5.26 Å². The minimum atomic E-state index is -0.849. The van der Waals surface area contributed by atoms with Crippen LogP contribution in [0, 0.1) is 16.7 Å². The number of hydrogen-bond donors (Lipinski definition) is 1. The van der Waals surface area contributed by atoms with Gasteiger partial charge in [0.2, 0.25) is 5.91 Å². The molecule has 1 rings (SSSR count). The van der Waals surface area contributed by atoms with Crippen molar-refractivity contribution in [1.82, 2.24) is 10.2 Å². The molecule has 1 atom stereocenters. The minimum absolute atomic E-state index is 0.119. The van der Waals surface area contributed by atoms with Crippen LogP contribution in [0.15, 0.2) is 0 Å². The number of nitrogens with one attached hydrogen (secondary N) is 1. The first-order chi connectivity index (χ1) is 8.50. The zero-order chi connectivity index (χ0) is 13.8. The molecule has 18 heavy (non-hydrogen) atoms. The Kier molecular flexibility index (Phi) is 5.15. The van der Waals surface area contributed by atoms with Gasteiger partial charge in [-0.05, 0) is 39.7 Å². The lowest BCUT2D eigenvalue weighted by Gasteiger charge is -2.27. The van der Waals surface area contributed by atoms with Crippen LogP contribution in [0.5, 0.6) is 0 Å². The van der Waals surface area contributed by atoms with Gasteiger partial charge in [-0.2, -0.15) is 5.26 Å². The molecule has 0 aromatic rings. The largest absolute Gasteiger partial charge is 0.353 e. The van der Waals surface area contributed by atoms with Crippen molar-refractivity contribution >= 4 is 5.91 Å². The Labute approximate surface area is 110 Å². The molecule has 4 nitrogen and oxygen atoms in total. The lowest BCUT2D eigenvalue weighted by molar-refractivity contribution is -0.128. The first-order valence-corrected chi connectivity index (χ1v) is 6.92. The number of carbonyl (C=O) groups excluding carboxylic acids is 1. The summed E-state index contributed by atoms with van der Waals surface area (Å²) in [4.78, 5) is 14.4. The fourth-order valence-electron chi connectivity index (χ4n) is 2.18. The molecule has 0 saturated heterocycles. The van der Waals surface area contributed by atoms with E-state index in [1.807, 2.05) is 13.8 Å². The van der Waals surface area contributed by atoms with Crippen molar-refractivity contribution < 1.29 is 4.79 Å². The lowest BCUT2D eigenvalue weighted by Crippen LogP contribution is -2.46. The van der Waals surface area contributed by atoms with Gasteiger partial charge in [0.05, 0.1) is 6.07 Å². The van der Waals surface area contributed by atoms with E-state index in [0.717, 1.165) is 0 Å². The van der Waals surface area contributed by atoms with E-state index in [4.69, 9.17) is 0 Å². The molecule has 0 aromatic heterocycles. The van der Waals surface area contributed by atoms with Gasteiger partial charge in [0.1, 0.15) is 5.41 Å². The molecule has 0 aliphatic heterocycles. The van der Waals surface area contributed by atoms with E-state index >= 15 is 0 Å². The number of amides is 1. The highest BCUT2D eigenvalue weighted by molar-refractivity contribution is 5.85. The summed E-state index contributed by atoms with van der Waals surface area (Å²) in [5, 5.41) is 12.1. The Hall–Kier alpha value is -1.08. The summed E-state index contributed by atoms with van der Waals surface area (Å²) < 4.78 is 0. The van der Waals surface area contributed by atoms with Gasteiger partial charge in [-0.25, -0.2) is 0 Å². The van der Waals surface area contributed by atoms with Crippen molar-refractivity contribution in [2.24, 2.45) is 5.41 Å². The van der Waals surface area contributed by atoms with E-state index in [-0.39, 0.29) is 5.91 Å². The quantitative estimate of drug-likeness (QED) is 0.752. The molecule has 0 aromatic carbocycles. The van der Waals surface area contributed by atoms with E-state index in [0.29, 0.717) is 31.5 Å². The molecule has 1 aliphatic carbocycles. The van der Waals surface area contributed by atoms with Crippen molar-refractivity contribution in [2.45, 2.75) is 58.5 Å². The van der Waals surface area contributed by atoms with Crippen LogP contribution < -0.4 is 5.32 Å². The second-order valence-electron chi connectivity index (χ2n) is 5.36. The average Bonchev–Trinajstić information content (AvgIpc) is 3.22. The second kappa shape index (κ2) is 6.19. The summed E-state index contributed by atoms with van der Waals surface area (Å²) in [7, 11) is 2.10. The van der Waals surface area contributed by atoms with Gasteiger partial charge in [-0.1, -0.05) is 13.8 Å². The van der Waals surface area contributed by atoms with Crippen LogP contribution in [-0.2, 0) is 4.79 Å². The number of hydrogen-bond acceptors (Lipinski definition) is 3. The molecule has 0 spiro atoms. The molecule has 1 saturated carbocycles. The Bertz CT molecular complexity index is 326. The van der Waals surface area contributed by atoms with Crippen LogP contribution in [0.1, 0.15) is 46.5 Å². The van der Waals surface area contributed by atoms with Crippen LogP contribution >= 0.6 is 0 Å². The Morgan fingerprint density at radius 2 is 2.06 bits per heavy atom.